The second-order valence-electron chi connectivity index (χ2n) is 8.39. The third kappa shape index (κ3) is 5.64. The van der Waals surface area contributed by atoms with Gasteiger partial charge in [-0.25, -0.2) is 4.79 Å². The van der Waals surface area contributed by atoms with Gasteiger partial charge in [0.1, 0.15) is 6.07 Å². The molecule has 0 saturated carbocycles. The van der Waals surface area contributed by atoms with Crippen molar-refractivity contribution < 1.29 is 4.79 Å². The van der Waals surface area contributed by atoms with E-state index in [-0.39, 0.29) is 6.03 Å². The molecule has 4 rings (SSSR count). The van der Waals surface area contributed by atoms with Gasteiger partial charge in [-0.2, -0.15) is 5.26 Å². The highest BCUT2D eigenvalue weighted by Crippen LogP contribution is 2.34. The normalized spacial score (nSPS) is 13.3. The summed E-state index contributed by atoms with van der Waals surface area (Å²) in [6.45, 7) is 3.43. The van der Waals surface area contributed by atoms with Crippen LogP contribution >= 0.6 is 11.9 Å². The van der Waals surface area contributed by atoms with Crippen molar-refractivity contribution >= 4 is 29.4 Å². The molecule has 7 heteroatoms. The van der Waals surface area contributed by atoms with Crippen LogP contribution < -0.4 is 9.21 Å². The number of hydrogen-bond acceptors (Lipinski definition) is 5. The van der Waals surface area contributed by atoms with Crippen LogP contribution in [0, 0.1) is 11.3 Å². The summed E-state index contributed by atoms with van der Waals surface area (Å²) in [4.78, 5) is 19.1. The number of nitrogens with zero attached hydrogens (tertiary/aromatic N) is 5. The Morgan fingerprint density at radius 2 is 1.59 bits per heavy atom. The molecule has 34 heavy (non-hydrogen) atoms. The van der Waals surface area contributed by atoms with Crippen LogP contribution in [0.15, 0.2) is 83.8 Å². The zero-order chi connectivity index (χ0) is 23.9. The van der Waals surface area contributed by atoms with Crippen molar-refractivity contribution in [1.82, 2.24) is 9.80 Å². The number of carbonyl (C=O) groups is 1. The number of piperazine rings is 1. The van der Waals surface area contributed by atoms with Crippen molar-refractivity contribution in [3.05, 3.63) is 90.0 Å². The molecule has 1 heterocycles. The van der Waals surface area contributed by atoms with E-state index >= 15 is 0 Å². The molecule has 0 aliphatic carbocycles. The maximum Gasteiger partial charge on any atom is 0.319 e. The summed E-state index contributed by atoms with van der Waals surface area (Å²) in [5, 5.41) is 9.97. The Kier molecular flexibility index (Phi) is 7.61. The lowest BCUT2D eigenvalue weighted by molar-refractivity contribution is 0.168. The minimum absolute atomic E-state index is 0.0324. The Labute approximate surface area is 206 Å². The van der Waals surface area contributed by atoms with Crippen LogP contribution in [0.2, 0.25) is 0 Å². The van der Waals surface area contributed by atoms with Crippen molar-refractivity contribution in [3.8, 4) is 6.07 Å². The van der Waals surface area contributed by atoms with E-state index in [2.05, 4.69) is 45.6 Å². The fourth-order valence-electron chi connectivity index (χ4n) is 4.00. The molecular formula is C27H29N5OS. The molecule has 0 unspecified atom stereocenters. The Hall–Kier alpha value is -3.63. The minimum atomic E-state index is 0.0324. The van der Waals surface area contributed by atoms with Crippen LogP contribution in [0.4, 0.5) is 16.2 Å². The molecule has 0 spiro atoms. The summed E-state index contributed by atoms with van der Waals surface area (Å²) in [5.41, 5.74) is 3.76. The van der Waals surface area contributed by atoms with Gasteiger partial charge in [0.2, 0.25) is 0 Å². The standard InChI is InChI=1S/C27H29N5OS/c1-29(2)27(33)31-17-15-30(16-18-31)26-14-13-24(19-23(26)20-28)32(21-22-9-5-3-6-10-22)34-25-11-7-4-8-12-25/h3-14,19H,15-18,21H2,1-2H3. The van der Waals surface area contributed by atoms with Crippen molar-refractivity contribution in [2.24, 2.45) is 0 Å². The molecule has 0 bridgehead atoms. The van der Waals surface area contributed by atoms with Gasteiger partial charge in [-0.1, -0.05) is 48.5 Å². The lowest BCUT2D eigenvalue weighted by atomic mass is 10.1. The minimum Gasteiger partial charge on any atom is -0.367 e. The van der Waals surface area contributed by atoms with Crippen LogP contribution in [-0.4, -0.2) is 56.1 Å². The molecule has 0 N–H and O–H groups in total. The number of hydrogen-bond donors (Lipinski definition) is 0. The monoisotopic (exact) mass is 471 g/mol. The molecule has 1 aliphatic rings. The number of urea groups is 1. The van der Waals surface area contributed by atoms with Crippen LogP contribution in [-0.2, 0) is 6.54 Å². The molecule has 6 nitrogen and oxygen atoms in total. The van der Waals surface area contributed by atoms with Crippen LogP contribution in [0.1, 0.15) is 11.1 Å². The van der Waals surface area contributed by atoms with Crippen molar-refractivity contribution in [3.63, 3.8) is 0 Å². The molecular weight excluding hydrogens is 442 g/mol. The number of amides is 2. The summed E-state index contributed by atoms with van der Waals surface area (Å²) in [6.07, 6.45) is 0. The summed E-state index contributed by atoms with van der Waals surface area (Å²) in [7, 11) is 3.55. The van der Waals surface area contributed by atoms with Gasteiger partial charge in [0.15, 0.2) is 0 Å². The second kappa shape index (κ2) is 11.0. The molecule has 1 saturated heterocycles. The topological polar surface area (TPSA) is 53.8 Å². The van der Waals surface area contributed by atoms with E-state index in [4.69, 9.17) is 0 Å². The SMILES string of the molecule is CN(C)C(=O)N1CCN(c2ccc(N(Cc3ccccc3)Sc3ccccc3)cc2C#N)CC1. The van der Waals surface area contributed by atoms with E-state index in [1.54, 1.807) is 30.9 Å². The van der Waals surface area contributed by atoms with E-state index in [1.807, 2.05) is 53.4 Å². The number of benzene rings is 3. The number of carbonyl (C=O) groups excluding carboxylic acids is 1. The lowest BCUT2D eigenvalue weighted by Crippen LogP contribution is -2.51. The Morgan fingerprint density at radius 3 is 2.21 bits per heavy atom. The molecule has 0 atom stereocenters. The third-order valence-electron chi connectivity index (χ3n) is 5.79. The lowest BCUT2D eigenvalue weighted by Gasteiger charge is -2.37. The first kappa shape index (κ1) is 23.5. The van der Waals surface area contributed by atoms with Gasteiger partial charge in [0.25, 0.3) is 0 Å². The summed E-state index contributed by atoms with van der Waals surface area (Å²) in [5.74, 6) is 0. The largest absolute Gasteiger partial charge is 0.367 e. The molecule has 0 aromatic heterocycles. The highest BCUT2D eigenvalue weighted by atomic mass is 32.2. The van der Waals surface area contributed by atoms with E-state index in [0.717, 1.165) is 22.8 Å². The first-order chi connectivity index (χ1) is 16.5. The average molecular weight is 472 g/mol. The van der Waals surface area contributed by atoms with Crippen molar-refractivity contribution in [1.29, 1.82) is 5.26 Å². The third-order valence-corrected chi connectivity index (χ3v) is 6.83. The summed E-state index contributed by atoms with van der Waals surface area (Å²) < 4.78 is 2.23. The molecule has 0 radical (unpaired) electrons. The zero-order valence-electron chi connectivity index (χ0n) is 19.6. The van der Waals surface area contributed by atoms with Gasteiger partial charge in [-0.15, -0.1) is 0 Å². The van der Waals surface area contributed by atoms with Gasteiger partial charge >= 0.3 is 6.03 Å². The van der Waals surface area contributed by atoms with Crippen LogP contribution in [0.25, 0.3) is 0 Å². The van der Waals surface area contributed by atoms with Crippen molar-refractivity contribution in [2.75, 3.05) is 49.5 Å². The molecule has 1 fully saturated rings. The Morgan fingerprint density at radius 1 is 0.941 bits per heavy atom. The van der Waals surface area contributed by atoms with E-state index in [9.17, 15) is 10.1 Å². The van der Waals surface area contributed by atoms with Gasteiger partial charge in [-0.3, -0.25) is 0 Å². The maximum atomic E-state index is 12.3. The Balaban J connectivity index is 1.56. The first-order valence-corrected chi connectivity index (χ1v) is 12.1. The summed E-state index contributed by atoms with van der Waals surface area (Å²) in [6, 6.07) is 29.2. The predicted octanol–water partition coefficient (Wildman–Crippen LogP) is 5.08. The van der Waals surface area contributed by atoms with Gasteiger partial charge in [0.05, 0.1) is 17.8 Å². The van der Waals surface area contributed by atoms with E-state index in [0.29, 0.717) is 31.7 Å². The van der Waals surface area contributed by atoms with Crippen LogP contribution in [0.3, 0.4) is 0 Å². The average Bonchev–Trinajstić information content (AvgIpc) is 2.89. The number of anilines is 2. The Bertz CT molecular complexity index is 1100. The first-order valence-electron chi connectivity index (χ1n) is 11.3. The summed E-state index contributed by atoms with van der Waals surface area (Å²) >= 11 is 1.66. The molecule has 3 aromatic rings. The number of nitriles is 1. The van der Waals surface area contributed by atoms with Gasteiger partial charge in [-0.05, 0) is 47.8 Å². The van der Waals surface area contributed by atoms with E-state index < -0.39 is 0 Å². The number of rotatable bonds is 6. The predicted molar refractivity (Wildman–Crippen MR) is 139 cm³/mol. The quantitative estimate of drug-likeness (QED) is 0.470. The van der Waals surface area contributed by atoms with Crippen molar-refractivity contribution in [2.45, 2.75) is 11.4 Å². The smallest absolute Gasteiger partial charge is 0.319 e. The maximum absolute atomic E-state index is 12.3. The highest BCUT2D eigenvalue weighted by molar-refractivity contribution is 8.00. The second-order valence-corrected chi connectivity index (χ2v) is 9.49. The fraction of sp³-hybridized carbons (Fsp3) is 0.259. The zero-order valence-corrected chi connectivity index (χ0v) is 20.4. The van der Waals surface area contributed by atoms with Gasteiger partial charge in [0, 0.05) is 50.9 Å². The molecule has 2 amide bonds. The van der Waals surface area contributed by atoms with Gasteiger partial charge < -0.3 is 19.0 Å². The highest BCUT2D eigenvalue weighted by Gasteiger charge is 2.24. The fourth-order valence-corrected chi connectivity index (χ4v) is 4.97. The molecule has 1 aliphatic heterocycles. The molecule has 174 valence electrons. The van der Waals surface area contributed by atoms with E-state index in [1.165, 1.54) is 5.56 Å². The van der Waals surface area contributed by atoms with Crippen LogP contribution in [0.5, 0.6) is 0 Å². The molecule has 3 aromatic carbocycles.